The summed E-state index contributed by atoms with van der Waals surface area (Å²) in [4.78, 5) is 0. The number of rotatable bonds is 5. The minimum Gasteiger partial charge on any atom is -0.396 e. The lowest BCUT2D eigenvalue weighted by Crippen LogP contribution is -2.41. The lowest BCUT2D eigenvalue weighted by Gasteiger charge is -2.35. The third-order valence-corrected chi connectivity index (χ3v) is 4.66. The lowest BCUT2D eigenvalue weighted by atomic mass is 9.81. The molecule has 0 atom stereocenters. The van der Waals surface area contributed by atoms with Crippen LogP contribution in [-0.4, -0.2) is 31.5 Å². The van der Waals surface area contributed by atoms with Crippen LogP contribution in [0.15, 0.2) is 12.1 Å². The Morgan fingerprint density at radius 3 is 2.40 bits per heavy atom. The number of ether oxygens (including phenoxy) is 1. The fourth-order valence-electron chi connectivity index (χ4n) is 2.87. The molecule has 3 nitrogen and oxygen atoms in total. The van der Waals surface area contributed by atoms with Crippen molar-refractivity contribution in [2.45, 2.75) is 40.2 Å². The molecule has 2 N–H and O–H groups in total. The zero-order valence-corrected chi connectivity index (χ0v) is 13.0. The van der Waals surface area contributed by atoms with E-state index >= 15 is 0 Å². The Morgan fingerprint density at radius 1 is 1.10 bits per heavy atom. The first-order valence-corrected chi connectivity index (χ1v) is 7.52. The molecule has 1 aliphatic heterocycles. The summed E-state index contributed by atoms with van der Waals surface area (Å²) in [5.41, 5.74) is 5.39. The Morgan fingerprint density at radius 2 is 1.75 bits per heavy atom. The topological polar surface area (TPSA) is 41.5 Å². The van der Waals surface area contributed by atoms with Crippen LogP contribution in [0.1, 0.15) is 35.1 Å². The Hall–Kier alpha value is -0.900. The van der Waals surface area contributed by atoms with Crippen molar-refractivity contribution in [3.63, 3.8) is 0 Å². The van der Waals surface area contributed by atoms with Crippen molar-refractivity contribution in [3.8, 4) is 0 Å². The maximum Gasteiger partial charge on any atom is 0.0501 e. The van der Waals surface area contributed by atoms with E-state index in [9.17, 15) is 5.11 Å². The quantitative estimate of drug-likeness (QED) is 0.869. The standard InChI is InChI=1S/C17H27NO2/c1-13-8-15(3)16(9-14(13)2)10-18-11-17(12-19)4-6-20-7-5-17/h8-9,18-19H,4-7,10-12H2,1-3H3. The summed E-state index contributed by atoms with van der Waals surface area (Å²) in [6.07, 6.45) is 1.89. The smallest absolute Gasteiger partial charge is 0.0501 e. The second kappa shape index (κ2) is 6.70. The average molecular weight is 277 g/mol. The highest BCUT2D eigenvalue weighted by Gasteiger charge is 2.31. The summed E-state index contributed by atoms with van der Waals surface area (Å²) in [5, 5.41) is 13.2. The molecule has 20 heavy (non-hydrogen) atoms. The number of hydrogen-bond acceptors (Lipinski definition) is 3. The molecule has 0 unspecified atom stereocenters. The van der Waals surface area contributed by atoms with Crippen molar-refractivity contribution < 1.29 is 9.84 Å². The summed E-state index contributed by atoms with van der Waals surface area (Å²) in [6, 6.07) is 4.52. The molecule has 1 aromatic carbocycles. The van der Waals surface area contributed by atoms with Gasteiger partial charge in [-0.05, 0) is 55.9 Å². The van der Waals surface area contributed by atoms with E-state index in [0.29, 0.717) is 0 Å². The highest BCUT2D eigenvalue weighted by atomic mass is 16.5. The minimum atomic E-state index is 0.00585. The van der Waals surface area contributed by atoms with Crippen LogP contribution in [-0.2, 0) is 11.3 Å². The Kier molecular flexibility index (Phi) is 5.19. The summed E-state index contributed by atoms with van der Waals surface area (Å²) in [6.45, 7) is 9.99. The first-order valence-electron chi connectivity index (χ1n) is 7.52. The zero-order valence-electron chi connectivity index (χ0n) is 13.0. The highest BCUT2D eigenvalue weighted by Crippen LogP contribution is 2.29. The molecule has 2 rings (SSSR count). The van der Waals surface area contributed by atoms with E-state index < -0.39 is 0 Å². The molecule has 1 fully saturated rings. The van der Waals surface area contributed by atoms with E-state index in [1.54, 1.807) is 0 Å². The van der Waals surface area contributed by atoms with Gasteiger partial charge in [0.1, 0.15) is 0 Å². The van der Waals surface area contributed by atoms with Gasteiger partial charge < -0.3 is 15.2 Å². The van der Waals surface area contributed by atoms with Crippen molar-refractivity contribution in [1.29, 1.82) is 0 Å². The fraction of sp³-hybridized carbons (Fsp3) is 0.647. The summed E-state index contributed by atoms with van der Waals surface area (Å²) < 4.78 is 5.40. The number of aliphatic hydroxyl groups excluding tert-OH is 1. The van der Waals surface area contributed by atoms with Gasteiger partial charge in [0.05, 0.1) is 6.61 Å². The summed E-state index contributed by atoms with van der Waals surface area (Å²) in [5.74, 6) is 0. The third-order valence-electron chi connectivity index (χ3n) is 4.66. The van der Waals surface area contributed by atoms with E-state index in [2.05, 4.69) is 38.2 Å². The SMILES string of the molecule is Cc1cc(C)c(CNCC2(CO)CCOCC2)cc1C. The molecule has 3 heteroatoms. The first-order chi connectivity index (χ1) is 9.56. The van der Waals surface area contributed by atoms with Gasteiger partial charge in [0.25, 0.3) is 0 Å². The number of aryl methyl sites for hydroxylation is 3. The van der Waals surface area contributed by atoms with Crippen LogP contribution in [0.3, 0.4) is 0 Å². The van der Waals surface area contributed by atoms with Gasteiger partial charge in [0.15, 0.2) is 0 Å². The molecule has 1 heterocycles. The molecule has 0 saturated carbocycles. The van der Waals surface area contributed by atoms with Crippen LogP contribution in [0.5, 0.6) is 0 Å². The van der Waals surface area contributed by atoms with Crippen molar-refractivity contribution in [2.75, 3.05) is 26.4 Å². The third kappa shape index (κ3) is 3.60. The minimum absolute atomic E-state index is 0.00585. The molecule has 1 aromatic rings. The van der Waals surface area contributed by atoms with Gasteiger partial charge in [-0.25, -0.2) is 0 Å². The van der Waals surface area contributed by atoms with Gasteiger partial charge in [0, 0.05) is 31.7 Å². The normalized spacial score (nSPS) is 18.2. The van der Waals surface area contributed by atoms with Gasteiger partial charge in [-0.15, -0.1) is 0 Å². The van der Waals surface area contributed by atoms with Gasteiger partial charge in [-0.2, -0.15) is 0 Å². The van der Waals surface area contributed by atoms with Crippen LogP contribution in [0.4, 0.5) is 0 Å². The van der Waals surface area contributed by atoms with Crippen LogP contribution in [0.2, 0.25) is 0 Å². The lowest BCUT2D eigenvalue weighted by molar-refractivity contribution is -0.0154. The molecular weight excluding hydrogens is 250 g/mol. The Labute approximate surface area is 122 Å². The molecule has 0 amide bonds. The molecule has 112 valence electrons. The van der Waals surface area contributed by atoms with E-state index in [-0.39, 0.29) is 12.0 Å². The number of aliphatic hydroxyl groups is 1. The first kappa shape index (κ1) is 15.5. The highest BCUT2D eigenvalue weighted by molar-refractivity contribution is 5.36. The van der Waals surface area contributed by atoms with Crippen molar-refractivity contribution in [3.05, 3.63) is 34.4 Å². The van der Waals surface area contributed by atoms with Crippen molar-refractivity contribution in [2.24, 2.45) is 5.41 Å². The molecule has 0 aliphatic carbocycles. The molecule has 0 bridgehead atoms. The second-order valence-corrected chi connectivity index (χ2v) is 6.24. The Balaban J connectivity index is 1.93. The zero-order chi connectivity index (χ0) is 14.6. The van der Waals surface area contributed by atoms with Gasteiger partial charge in [-0.1, -0.05) is 12.1 Å². The van der Waals surface area contributed by atoms with Gasteiger partial charge in [0.2, 0.25) is 0 Å². The van der Waals surface area contributed by atoms with E-state index in [1.165, 1.54) is 22.3 Å². The molecular formula is C17H27NO2. The predicted octanol–water partition coefficient (Wildman–Crippen LogP) is 2.49. The van der Waals surface area contributed by atoms with Crippen LogP contribution in [0, 0.1) is 26.2 Å². The molecule has 0 aromatic heterocycles. The predicted molar refractivity (Wildman–Crippen MR) is 81.9 cm³/mol. The molecule has 0 spiro atoms. The second-order valence-electron chi connectivity index (χ2n) is 6.24. The van der Waals surface area contributed by atoms with Gasteiger partial charge >= 0.3 is 0 Å². The average Bonchev–Trinajstić information content (AvgIpc) is 2.45. The van der Waals surface area contributed by atoms with Gasteiger partial charge in [-0.3, -0.25) is 0 Å². The maximum absolute atomic E-state index is 9.68. The maximum atomic E-state index is 9.68. The van der Waals surface area contributed by atoms with Crippen LogP contribution >= 0.6 is 0 Å². The van der Waals surface area contributed by atoms with Crippen LogP contribution in [0.25, 0.3) is 0 Å². The number of hydrogen-bond donors (Lipinski definition) is 2. The van der Waals surface area contributed by atoms with Crippen LogP contribution < -0.4 is 5.32 Å². The molecule has 0 radical (unpaired) electrons. The molecule has 1 saturated heterocycles. The molecule has 1 aliphatic rings. The van der Waals surface area contributed by atoms with E-state index in [1.807, 2.05) is 0 Å². The summed E-state index contributed by atoms with van der Waals surface area (Å²) >= 11 is 0. The van der Waals surface area contributed by atoms with E-state index in [4.69, 9.17) is 4.74 Å². The van der Waals surface area contributed by atoms with Crippen molar-refractivity contribution >= 4 is 0 Å². The largest absolute Gasteiger partial charge is 0.396 e. The monoisotopic (exact) mass is 277 g/mol. The number of nitrogens with one attached hydrogen (secondary N) is 1. The fourth-order valence-corrected chi connectivity index (χ4v) is 2.87. The van der Waals surface area contributed by atoms with Crippen molar-refractivity contribution in [1.82, 2.24) is 5.32 Å². The Bertz CT molecular complexity index is 451. The number of benzene rings is 1. The van der Waals surface area contributed by atoms with E-state index in [0.717, 1.165) is 39.1 Å². The summed E-state index contributed by atoms with van der Waals surface area (Å²) in [7, 11) is 0.